The van der Waals surface area contributed by atoms with E-state index in [0.717, 1.165) is 10.6 Å². The summed E-state index contributed by atoms with van der Waals surface area (Å²) in [6.07, 6.45) is 0.663. The Morgan fingerprint density at radius 2 is 2.10 bits per heavy atom. The maximum Gasteiger partial charge on any atom is 0.252 e. The molecule has 1 amide bonds. The number of nitrogens with zero attached hydrogens (tertiary/aromatic N) is 2. The van der Waals surface area contributed by atoms with E-state index in [-0.39, 0.29) is 12.5 Å². The summed E-state index contributed by atoms with van der Waals surface area (Å²) in [5.74, 6) is -0.221. The lowest BCUT2D eigenvalue weighted by molar-refractivity contribution is -0.120. The van der Waals surface area contributed by atoms with Gasteiger partial charge in [-0.3, -0.25) is 10.1 Å². The predicted octanol–water partition coefficient (Wildman–Crippen LogP) is 2.76. The van der Waals surface area contributed by atoms with E-state index in [2.05, 4.69) is 15.5 Å². The van der Waals surface area contributed by atoms with Crippen LogP contribution in [0, 0.1) is 0 Å². The zero-order chi connectivity index (χ0) is 14.4. The van der Waals surface area contributed by atoms with Crippen LogP contribution in [0.3, 0.4) is 0 Å². The minimum atomic E-state index is -0.221. The molecule has 2 aromatic rings. The third kappa shape index (κ3) is 4.56. The van der Waals surface area contributed by atoms with Crippen LogP contribution in [0.2, 0.25) is 5.02 Å². The number of aromatic nitrogens is 2. The van der Waals surface area contributed by atoms with Gasteiger partial charge in [-0.1, -0.05) is 35.1 Å². The molecule has 1 aromatic heterocycles. The molecule has 2 rings (SSSR count). The van der Waals surface area contributed by atoms with Crippen LogP contribution in [0.5, 0.6) is 0 Å². The molecule has 0 radical (unpaired) electrons. The van der Waals surface area contributed by atoms with Crippen molar-refractivity contribution in [3.05, 3.63) is 39.9 Å². The van der Waals surface area contributed by atoms with Gasteiger partial charge in [0.05, 0.1) is 0 Å². The number of nitrogens with one attached hydrogen (secondary N) is 1. The zero-order valence-electron chi connectivity index (χ0n) is 10.9. The maximum absolute atomic E-state index is 11.5. The fraction of sp³-hybridized carbons (Fsp3) is 0.308. The molecule has 0 aliphatic heterocycles. The van der Waals surface area contributed by atoms with E-state index >= 15 is 0 Å². The van der Waals surface area contributed by atoms with Crippen molar-refractivity contribution in [1.82, 2.24) is 10.2 Å². The molecule has 7 heteroatoms. The Morgan fingerprint density at radius 1 is 1.35 bits per heavy atom. The number of hydrogen-bond donors (Lipinski definition) is 1. The summed E-state index contributed by atoms with van der Waals surface area (Å²) in [7, 11) is 0. The number of amides is 1. The zero-order valence-corrected chi connectivity index (χ0v) is 12.5. The van der Waals surface area contributed by atoms with Crippen molar-refractivity contribution in [3.8, 4) is 0 Å². The molecule has 0 aliphatic carbocycles. The van der Waals surface area contributed by atoms with Gasteiger partial charge in [0.1, 0.15) is 11.6 Å². The van der Waals surface area contributed by atoms with E-state index in [0.29, 0.717) is 23.2 Å². The molecule has 0 saturated heterocycles. The van der Waals surface area contributed by atoms with Crippen molar-refractivity contribution < 1.29 is 9.53 Å². The van der Waals surface area contributed by atoms with Gasteiger partial charge in [0.15, 0.2) is 0 Å². The average Bonchev–Trinajstić information content (AvgIpc) is 2.86. The first-order chi connectivity index (χ1) is 9.67. The lowest BCUT2D eigenvalue weighted by atomic mass is 10.2. The normalized spacial score (nSPS) is 10.5. The highest BCUT2D eigenvalue weighted by Crippen LogP contribution is 2.19. The smallest absolute Gasteiger partial charge is 0.252 e. The molecular formula is C13H14ClN3O2S. The van der Waals surface area contributed by atoms with Crippen LogP contribution in [-0.4, -0.2) is 29.3 Å². The van der Waals surface area contributed by atoms with Gasteiger partial charge in [-0.05, 0) is 24.6 Å². The fourth-order valence-electron chi connectivity index (χ4n) is 1.50. The molecule has 1 N–H and O–H groups in total. The molecule has 0 bridgehead atoms. The van der Waals surface area contributed by atoms with E-state index in [4.69, 9.17) is 16.3 Å². The first-order valence-corrected chi connectivity index (χ1v) is 7.31. The van der Waals surface area contributed by atoms with Crippen LogP contribution >= 0.6 is 22.9 Å². The number of anilines is 1. The first-order valence-electron chi connectivity index (χ1n) is 6.12. The van der Waals surface area contributed by atoms with Gasteiger partial charge in [0.2, 0.25) is 5.13 Å². The summed E-state index contributed by atoms with van der Waals surface area (Å²) >= 11 is 7.18. The van der Waals surface area contributed by atoms with Crippen molar-refractivity contribution in [3.63, 3.8) is 0 Å². The highest BCUT2D eigenvalue weighted by molar-refractivity contribution is 7.15. The molecular weight excluding hydrogens is 298 g/mol. The third-order valence-corrected chi connectivity index (χ3v) is 3.51. The second-order valence-electron chi connectivity index (χ2n) is 3.99. The summed E-state index contributed by atoms with van der Waals surface area (Å²) in [5, 5.41) is 12.7. The number of benzene rings is 1. The van der Waals surface area contributed by atoms with Crippen LogP contribution in [0.25, 0.3) is 0 Å². The largest absolute Gasteiger partial charge is 0.372 e. The van der Waals surface area contributed by atoms with Crippen LogP contribution < -0.4 is 5.32 Å². The minimum Gasteiger partial charge on any atom is -0.372 e. The number of ether oxygens (including phenoxy) is 1. The molecule has 106 valence electrons. The Morgan fingerprint density at radius 3 is 2.80 bits per heavy atom. The molecule has 0 atom stereocenters. The molecule has 5 nitrogen and oxygen atoms in total. The molecule has 0 unspecified atom stereocenters. The minimum absolute atomic E-state index is 0.0304. The Hall–Kier alpha value is -1.50. The molecule has 20 heavy (non-hydrogen) atoms. The van der Waals surface area contributed by atoms with Crippen molar-refractivity contribution in [2.24, 2.45) is 0 Å². The topological polar surface area (TPSA) is 64.1 Å². The standard InChI is InChI=1S/C13H14ClN3O2S/c1-2-19-8-11(18)15-13-17-16-12(20-13)7-9-3-5-10(14)6-4-9/h3-6H,2,7-8H2,1H3,(H,15,17,18). The first kappa shape index (κ1) is 14.9. The van der Waals surface area contributed by atoms with Gasteiger partial charge in [-0.2, -0.15) is 0 Å². The van der Waals surface area contributed by atoms with Crippen LogP contribution in [-0.2, 0) is 16.0 Å². The van der Waals surface area contributed by atoms with Gasteiger partial charge >= 0.3 is 0 Å². The summed E-state index contributed by atoms with van der Waals surface area (Å²) in [5.41, 5.74) is 1.10. The van der Waals surface area contributed by atoms with Gasteiger partial charge in [-0.25, -0.2) is 0 Å². The number of rotatable bonds is 6. The average molecular weight is 312 g/mol. The summed E-state index contributed by atoms with van der Waals surface area (Å²) in [4.78, 5) is 11.5. The highest BCUT2D eigenvalue weighted by atomic mass is 35.5. The Bertz CT molecular complexity index is 571. The molecule has 0 aliphatic rings. The van der Waals surface area contributed by atoms with Gasteiger partial charge in [-0.15, -0.1) is 10.2 Å². The second kappa shape index (κ2) is 7.33. The number of hydrogen-bond acceptors (Lipinski definition) is 5. The monoisotopic (exact) mass is 311 g/mol. The van der Waals surface area contributed by atoms with E-state index in [1.165, 1.54) is 11.3 Å². The predicted molar refractivity (Wildman–Crippen MR) is 79.3 cm³/mol. The lowest BCUT2D eigenvalue weighted by Gasteiger charge is -2.00. The Labute approximate surface area is 125 Å². The molecule has 0 fully saturated rings. The van der Waals surface area contributed by atoms with E-state index in [1.54, 1.807) is 0 Å². The quantitative estimate of drug-likeness (QED) is 0.891. The number of halogens is 1. The van der Waals surface area contributed by atoms with Crippen molar-refractivity contribution in [2.75, 3.05) is 18.5 Å². The molecule has 0 saturated carbocycles. The van der Waals surface area contributed by atoms with Crippen molar-refractivity contribution in [1.29, 1.82) is 0 Å². The van der Waals surface area contributed by atoms with E-state index in [1.807, 2.05) is 31.2 Å². The summed E-state index contributed by atoms with van der Waals surface area (Å²) in [6.45, 7) is 2.37. The second-order valence-corrected chi connectivity index (χ2v) is 5.49. The van der Waals surface area contributed by atoms with Crippen LogP contribution in [0.15, 0.2) is 24.3 Å². The Kier molecular flexibility index (Phi) is 5.46. The lowest BCUT2D eigenvalue weighted by Crippen LogP contribution is -2.17. The van der Waals surface area contributed by atoms with Gasteiger partial charge in [0.25, 0.3) is 5.91 Å². The number of carbonyl (C=O) groups is 1. The molecule has 1 aromatic carbocycles. The molecule has 0 spiro atoms. The fourth-order valence-corrected chi connectivity index (χ4v) is 2.42. The summed E-state index contributed by atoms with van der Waals surface area (Å²) in [6, 6.07) is 7.56. The van der Waals surface area contributed by atoms with Crippen LogP contribution in [0.1, 0.15) is 17.5 Å². The summed E-state index contributed by atoms with van der Waals surface area (Å²) < 4.78 is 5.01. The third-order valence-electron chi connectivity index (χ3n) is 2.42. The van der Waals surface area contributed by atoms with Gasteiger partial charge < -0.3 is 4.74 Å². The SMILES string of the molecule is CCOCC(=O)Nc1nnc(Cc2ccc(Cl)cc2)s1. The Balaban J connectivity index is 1.91. The maximum atomic E-state index is 11.5. The van der Waals surface area contributed by atoms with E-state index in [9.17, 15) is 4.79 Å². The van der Waals surface area contributed by atoms with E-state index < -0.39 is 0 Å². The highest BCUT2D eigenvalue weighted by Gasteiger charge is 2.08. The number of carbonyl (C=O) groups excluding carboxylic acids is 1. The van der Waals surface area contributed by atoms with Crippen molar-refractivity contribution >= 4 is 34.0 Å². The van der Waals surface area contributed by atoms with Crippen molar-refractivity contribution in [2.45, 2.75) is 13.3 Å². The molecule has 1 heterocycles. The van der Waals surface area contributed by atoms with Gasteiger partial charge in [0, 0.05) is 18.1 Å². The van der Waals surface area contributed by atoms with Crippen LogP contribution in [0.4, 0.5) is 5.13 Å².